The molecule has 3 nitrogen and oxygen atoms in total. The lowest BCUT2D eigenvalue weighted by atomic mass is 10.1. The monoisotopic (exact) mass is 366 g/mol. The van der Waals surface area contributed by atoms with E-state index in [-0.39, 0.29) is 10.6 Å². The summed E-state index contributed by atoms with van der Waals surface area (Å²) in [5, 5.41) is 2.63. The average molecular weight is 367 g/mol. The highest BCUT2D eigenvalue weighted by Gasteiger charge is 2.14. The summed E-state index contributed by atoms with van der Waals surface area (Å²) >= 11 is 8.26. The first kappa shape index (κ1) is 15.6. The molecule has 0 aliphatic heterocycles. The van der Waals surface area contributed by atoms with Crippen LogP contribution in [0.4, 0.5) is 10.1 Å². The van der Waals surface area contributed by atoms with E-state index in [2.05, 4.69) is 21.2 Å². The number of nitrogens with one attached hydrogen (secondary N) is 1. The number of hydrogen-bond acceptors (Lipinski definition) is 2. The molecule has 2 rings (SSSR count). The largest absolute Gasteiger partial charge is 0.389 e. The second-order valence-electron chi connectivity index (χ2n) is 4.49. The van der Waals surface area contributed by atoms with Gasteiger partial charge in [-0.05, 0) is 42.8 Å². The van der Waals surface area contributed by atoms with Crippen molar-refractivity contribution in [2.24, 2.45) is 5.73 Å². The summed E-state index contributed by atoms with van der Waals surface area (Å²) in [4.78, 5) is 12.3. The van der Waals surface area contributed by atoms with Gasteiger partial charge in [-0.3, -0.25) is 4.79 Å². The number of carbonyl (C=O) groups is 1. The second kappa shape index (κ2) is 6.32. The smallest absolute Gasteiger partial charge is 0.258 e. The molecule has 3 N–H and O–H groups in total. The van der Waals surface area contributed by atoms with E-state index in [0.717, 1.165) is 10.0 Å². The Hall–Kier alpha value is -1.79. The van der Waals surface area contributed by atoms with Gasteiger partial charge >= 0.3 is 0 Å². The standard InChI is InChI=1S/C15H12BrFN2OS/c1-8-2-4-10(12(17)6-8)15(20)19-13-5-3-9(16)7-11(13)14(18)21/h2-7H,1H3,(H2,18,21)(H,19,20). The molecule has 6 heteroatoms. The highest BCUT2D eigenvalue weighted by atomic mass is 79.9. The number of amides is 1. The zero-order valence-electron chi connectivity index (χ0n) is 11.1. The summed E-state index contributed by atoms with van der Waals surface area (Å²) in [7, 11) is 0. The fourth-order valence-electron chi connectivity index (χ4n) is 1.82. The van der Waals surface area contributed by atoms with Crippen LogP contribution in [0.25, 0.3) is 0 Å². The molecular formula is C15H12BrFN2OS. The lowest BCUT2D eigenvalue weighted by Crippen LogP contribution is -2.18. The summed E-state index contributed by atoms with van der Waals surface area (Å²) in [5.74, 6) is -1.12. The van der Waals surface area contributed by atoms with Gasteiger partial charge in [0.05, 0.1) is 11.3 Å². The Labute approximate surface area is 135 Å². The topological polar surface area (TPSA) is 55.1 Å². The van der Waals surface area contributed by atoms with Crippen LogP contribution in [-0.2, 0) is 0 Å². The highest BCUT2D eigenvalue weighted by Crippen LogP contribution is 2.22. The molecule has 0 spiro atoms. The third kappa shape index (κ3) is 3.65. The van der Waals surface area contributed by atoms with Gasteiger partial charge in [0.25, 0.3) is 5.91 Å². The number of hydrogen-bond donors (Lipinski definition) is 2. The predicted octanol–water partition coefficient (Wildman–Crippen LogP) is 3.78. The molecule has 0 unspecified atom stereocenters. The molecule has 0 radical (unpaired) electrons. The minimum Gasteiger partial charge on any atom is -0.389 e. The normalized spacial score (nSPS) is 10.2. The summed E-state index contributed by atoms with van der Waals surface area (Å²) < 4.78 is 14.6. The molecule has 0 bridgehead atoms. The first-order chi connectivity index (χ1) is 9.88. The zero-order valence-corrected chi connectivity index (χ0v) is 13.5. The molecule has 1 amide bonds. The quantitative estimate of drug-likeness (QED) is 0.812. The van der Waals surface area contributed by atoms with Gasteiger partial charge in [-0.15, -0.1) is 0 Å². The molecule has 0 fully saturated rings. The summed E-state index contributed by atoms with van der Waals surface area (Å²) in [6.45, 7) is 1.75. The Morgan fingerprint density at radius 3 is 2.57 bits per heavy atom. The molecule has 108 valence electrons. The summed E-state index contributed by atoms with van der Waals surface area (Å²) in [6, 6.07) is 9.52. The number of nitrogens with two attached hydrogens (primary N) is 1. The first-order valence-corrected chi connectivity index (χ1v) is 7.25. The third-order valence-electron chi connectivity index (χ3n) is 2.86. The van der Waals surface area contributed by atoms with Crippen LogP contribution in [0.15, 0.2) is 40.9 Å². The lowest BCUT2D eigenvalue weighted by Gasteiger charge is -2.11. The van der Waals surface area contributed by atoms with Crippen molar-refractivity contribution in [2.45, 2.75) is 6.92 Å². The number of anilines is 1. The van der Waals surface area contributed by atoms with Crippen molar-refractivity contribution in [2.75, 3.05) is 5.32 Å². The van der Waals surface area contributed by atoms with Crippen LogP contribution in [0, 0.1) is 12.7 Å². The molecular weight excluding hydrogens is 355 g/mol. The van der Waals surface area contributed by atoms with Crippen LogP contribution in [0.3, 0.4) is 0 Å². The minimum atomic E-state index is -0.568. The second-order valence-corrected chi connectivity index (χ2v) is 5.85. The zero-order chi connectivity index (χ0) is 15.6. The highest BCUT2D eigenvalue weighted by molar-refractivity contribution is 9.10. The number of halogens is 2. The lowest BCUT2D eigenvalue weighted by molar-refractivity contribution is 0.102. The van der Waals surface area contributed by atoms with E-state index in [4.69, 9.17) is 18.0 Å². The van der Waals surface area contributed by atoms with Crippen LogP contribution in [0.5, 0.6) is 0 Å². The molecule has 0 aliphatic rings. The molecule has 0 aliphatic carbocycles. The number of benzene rings is 2. The average Bonchev–Trinajstić information content (AvgIpc) is 2.40. The molecule has 0 heterocycles. The fraction of sp³-hybridized carbons (Fsp3) is 0.0667. The van der Waals surface area contributed by atoms with Crippen molar-refractivity contribution in [3.05, 3.63) is 63.4 Å². The molecule has 21 heavy (non-hydrogen) atoms. The van der Waals surface area contributed by atoms with Gasteiger partial charge in [-0.25, -0.2) is 4.39 Å². The maximum Gasteiger partial charge on any atom is 0.258 e. The van der Waals surface area contributed by atoms with Crippen molar-refractivity contribution in [3.8, 4) is 0 Å². The van der Waals surface area contributed by atoms with Crippen LogP contribution in [0.2, 0.25) is 0 Å². The molecule has 2 aromatic carbocycles. The fourth-order valence-corrected chi connectivity index (χ4v) is 2.35. The van der Waals surface area contributed by atoms with Gasteiger partial charge in [0.15, 0.2) is 0 Å². The maximum atomic E-state index is 13.8. The molecule has 0 aromatic heterocycles. The van der Waals surface area contributed by atoms with E-state index in [0.29, 0.717) is 11.3 Å². The minimum absolute atomic E-state index is 0.0302. The number of aryl methyl sites for hydroxylation is 1. The van der Waals surface area contributed by atoms with Gasteiger partial charge in [0, 0.05) is 10.0 Å². The Balaban J connectivity index is 2.34. The van der Waals surface area contributed by atoms with Gasteiger partial charge in [0.1, 0.15) is 10.8 Å². The van der Waals surface area contributed by atoms with Gasteiger partial charge in [-0.1, -0.05) is 34.2 Å². The SMILES string of the molecule is Cc1ccc(C(=O)Nc2ccc(Br)cc2C(N)=S)c(F)c1. The van der Waals surface area contributed by atoms with Crippen LogP contribution in [-0.4, -0.2) is 10.9 Å². The van der Waals surface area contributed by atoms with Crippen molar-refractivity contribution in [3.63, 3.8) is 0 Å². The number of rotatable bonds is 3. The van der Waals surface area contributed by atoms with Gasteiger partial charge in [0.2, 0.25) is 0 Å². The summed E-state index contributed by atoms with van der Waals surface area (Å²) in [6.07, 6.45) is 0. The maximum absolute atomic E-state index is 13.8. The van der Waals surface area contributed by atoms with Crippen LogP contribution < -0.4 is 11.1 Å². The van der Waals surface area contributed by atoms with E-state index < -0.39 is 11.7 Å². The van der Waals surface area contributed by atoms with E-state index in [1.54, 1.807) is 31.2 Å². The Morgan fingerprint density at radius 1 is 1.24 bits per heavy atom. The van der Waals surface area contributed by atoms with E-state index >= 15 is 0 Å². The summed E-state index contributed by atoms with van der Waals surface area (Å²) in [5.41, 5.74) is 7.30. The Kier molecular flexibility index (Phi) is 4.69. The first-order valence-electron chi connectivity index (χ1n) is 6.05. The predicted molar refractivity (Wildman–Crippen MR) is 89.1 cm³/mol. The van der Waals surface area contributed by atoms with Crippen molar-refractivity contribution < 1.29 is 9.18 Å². The van der Waals surface area contributed by atoms with Gasteiger partial charge in [-0.2, -0.15) is 0 Å². The van der Waals surface area contributed by atoms with E-state index in [9.17, 15) is 9.18 Å². The van der Waals surface area contributed by atoms with Crippen molar-refractivity contribution in [1.82, 2.24) is 0 Å². The Morgan fingerprint density at radius 2 is 1.95 bits per heavy atom. The van der Waals surface area contributed by atoms with Crippen LogP contribution >= 0.6 is 28.1 Å². The molecule has 0 atom stereocenters. The Bertz CT molecular complexity index is 734. The third-order valence-corrected chi connectivity index (χ3v) is 3.58. The number of thiocarbonyl (C=S) groups is 1. The van der Waals surface area contributed by atoms with E-state index in [1.165, 1.54) is 12.1 Å². The van der Waals surface area contributed by atoms with Crippen molar-refractivity contribution >= 4 is 44.7 Å². The number of carbonyl (C=O) groups excluding carboxylic acids is 1. The molecule has 2 aromatic rings. The van der Waals surface area contributed by atoms with Gasteiger partial charge < -0.3 is 11.1 Å². The van der Waals surface area contributed by atoms with E-state index in [1.807, 2.05) is 0 Å². The molecule has 0 saturated carbocycles. The molecule has 0 saturated heterocycles. The van der Waals surface area contributed by atoms with Crippen molar-refractivity contribution in [1.29, 1.82) is 0 Å². The van der Waals surface area contributed by atoms with Crippen LogP contribution in [0.1, 0.15) is 21.5 Å².